The maximum atomic E-state index is 11.7. The van der Waals surface area contributed by atoms with Gasteiger partial charge in [-0.3, -0.25) is 0 Å². The zero-order valence-corrected chi connectivity index (χ0v) is 20.2. The Hall–Kier alpha value is -3.89. The fourth-order valence-corrected chi connectivity index (χ4v) is 4.03. The molecular formula is C31H30O4. The summed E-state index contributed by atoms with van der Waals surface area (Å²) in [6, 6.07) is 27.5. The standard InChI is InChI=1S/C31H30O4/c1-21(2)31(33)35-16-14-29-20-27(12-13-30(29)34-17-15-32)24-8-6-23(7-9-24)26-11-10-25-18-22(3)4-5-28(25)19-26/h4-13,18-20,32H,1,14-17H2,2-3H3. The first-order valence-corrected chi connectivity index (χ1v) is 11.7. The number of ether oxygens (including phenoxy) is 2. The number of esters is 1. The highest BCUT2D eigenvalue weighted by molar-refractivity contribution is 5.88. The van der Waals surface area contributed by atoms with Crippen LogP contribution in [0.25, 0.3) is 33.0 Å². The average molecular weight is 467 g/mol. The Kier molecular flexibility index (Phi) is 7.64. The lowest BCUT2D eigenvalue weighted by molar-refractivity contribution is -0.138. The van der Waals surface area contributed by atoms with Crippen LogP contribution in [-0.2, 0) is 16.0 Å². The number of benzene rings is 4. The first-order valence-electron chi connectivity index (χ1n) is 11.7. The van der Waals surface area contributed by atoms with E-state index in [1.807, 2.05) is 12.1 Å². The first-order chi connectivity index (χ1) is 16.9. The van der Waals surface area contributed by atoms with E-state index in [1.165, 1.54) is 21.9 Å². The van der Waals surface area contributed by atoms with Crippen LogP contribution in [0.15, 0.2) is 91.0 Å². The van der Waals surface area contributed by atoms with Crippen molar-refractivity contribution in [1.29, 1.82) is 0 Å². The smallest absolute Gasteiger partial charge is 0.333 e. The van der Waals surface area contributed by atoms with Gasteiger partial charge < -0.3 is 14.6 Å². The Balaban J connectivity index is 1.56. The van der Waals surface area contributed by atoms with Gasteiger partial charge in [0.15, 0.2) is 0 Å². The van der Waals surface area contributed by atoms with Crippen LogP contribution in [0.1, 0.15) is 18.1 Å². The van der Waals surface area contributed by atoms with Crippen molar-refractivity contribution >= 4 is 16.7 Å². The van der Waals surface area contributed by atoms with E-state index in [9.17, 15) is 4.79 Å². The summed E-state index contributed by atoms with van der Waals surface area (Å²) in [6.07, 6.45) is 0.502. The van der Waals surface area contributed by atoms with Crippen molar-refractivity contribution in [3.63, 3.8) is 0 Å². The summed E-state index contributed by atoms with van der Waals surface area (Å²) in [4.78, 5) is 11.7. The number of carbonyl (C=O) groups is 1. The van der Waals surface area contributed by atoms with Gasteiger partial charge in [0.2, 0.25) is 0 Å². The fraction of sp³-hybridized carbons (Fsp3) is 0.194. The summed E-state index contributed by atoms with van der Waals surface area (Å²) in [5, 5.41) is 11.6. The van der Waals surface area contributed by atoms with Crippen molar-refractivity contribution in [2.45, 2.75) is 20.3 Å². The SMILES string of the molecule is C=C(C)C(=O)OCCc1cc(-c2ccc(-c3ccc4cc(C)ccc4c3)cc2)ccc1OCCO. The molecule has 1 N–H and O–H groups in total. The first kappa shape index (κ1) is 24.2. The van der Waals surface area contributed by atoms with Crippen LogP contribution in [-0.4, -0.2) is 30.9 Å². The molecule has 4 rings (SSSR count). The third kappa shape index (κ3) is 5.97. The predicted molar refractivity (Wildman–Crippen MR) is 142 cm³/mol. The molecule has 0 aliphatic rings. The molecule has 0 atom stereocenters. The second-order valence-corrected chi connectivity index (χ2v) is 8.70. The minimum absolute atomic E-state index is 0.0678. The maximum absolute atomic E-state index is 11.7. The van der Waals surface area contributed by atoms with Crippen LogP contribution in [0.2, 0.25) is 0 Å². The molecule has 4 nitrogen and oxygen atoms in total. The van der Waals surface area contributed by atoms with E-state index in [0.29, 0.717) is 17.7 Å². The summed E-state index contributed by atoms with van der Waals surface area (Å²) in [6.45, 7) is 7.71. The summed E-state index contributed by atoms with van der Waals surface area (Å²) < 4.78 is 11.0. The minimum Gasteiger partial charge on any atom is -0.491 e. The van der Waals surface area contributed by atoms with Gasteiger partial charge in [0, 0.05) is 12.0 Å². The van der Waals surface area contributed by atoms with E-state index in [2.05, 4.69) is 80.2 Å². The Morgan fingerprint density at radius 2 is 1.40 bits per heavy atom. The molecule has 4 aromatic rings. The summed E-state index contributed by atoms with van der Waals surface area (Å²) >= 11 is 0. The van der Waals surface area contributed by atoms with Crippen LogP contribution < -0.4 is 4.74 Å². The number of aryl methyl sites for hydroxylation is 1. The Morgan fingerprint density at radius 1 is 0.800 bits per heavy atom. The topological polar surface area (TPSA) is 55.8 Å². The van der Waals surface area contributed by atoms with E-state index in [0.717, 1.165) is 22.3 Å². The molecule has 0 spiro atoms. The van der Waals surface area contributed by atoms with Crippen LogP contribution >= 0.6 is 0 Å². The number of rotatable bonds is 9. The van der Waals surface area contributed by atoms with Gasteiger partial charge in [-0.1, -0.05) is 72.8 Å². The number of hydrogen-bond donors (Lipinski definition) is 1. The molecule has 178 valence electrons. The zero-order valence-electron chi connectivity index (χ0n) is 20.2. The molecule has 0 amide bonds. The van der Waals surface area contributed by atoms with Gasteiger partial charge in [-0.15, -0.1) is 0 Å². The van der Waals surface area contributed by atoms with E-state index >= 15 is 0 Å². The van der Waals surface area contributed by atoms with Crippen LogP contribution in [0, 0.1) is 6.92 Å². The monoisotopic (exact) mass is 466 g/mol. The summed E-state index contributed by atoms with van der Waals surface area (Å²) in [5.74, 6) is 0.274. The van der Waals surface area contributed by atoms with E-state index in [1.54, 1.807) is 6.92 Å². The zero-order chi connectivity index (χ0) is 24.8. The third-order valence-electron chi connectivity index (χ3n) is 5.91. The summed E-state index contributed by atoms with van der Waals surface area (Å²) in [5.41, 5.74) is 7.01. The van der Waals surface area contributed by atoms with Gasteiger partial charge in [-0.05, 0) is 70.6 Å². The number of aliphatic hydroxyl groups is 1. The number of carbonyl (C=O) groups excluding carboxylic acids is 1. The molecule has 4 aromatic carbocycles. The van der Waals surface area contributed by atoms with Gasteiger partial charge >= 0.3 is 5.97 Å². The molecule has 0 heterocycles. The molecule has 0 aromatic heterocycles. The Bertz CT molecular complexity index is 1350. The van der Waals surface area contributed by atoms with Gasteiger partial charge in [0.25, 0.3) is 0 Å². The normalized spacial score (nSPS) is 10.8. The maximum Gasteiger partial charge on any atom is 0.333 e. The van der Waals surface area contributed by atoms with E-state index in [-0.39, 0.29) is 19.8 Å². The molecule has 0 aliphatic carbocycles. The lowest BCUT2D eigenvalue weighted by atomic mass is 9.96. The van der Waals surface area contributed by atoms with Crippen molar-refractivity contribution in [1.82, 2.24) is 0 Å². The highest BCUT2D eigenvalue weighted by Crippen LogP contribution is 2.30. The molecular weight excluding hydrogens is 436 g/mol. The number of fused-ring (bicyclic) bond motifs is 1. The van der Waals surface area contributed by atoms with Crippen LogP contribution in [0.3, 0.4) is 0 Å². The molecule has 4 heteroatoms. The summed E-state index contributed by atoms with van der Waals surface area (Å²) in [7, 11) is 0. The highest BCUT2D eigenvalue weighted by Gasteiger charge is 2.10. The lowest BCUT2D eigenvalue weighted by Gasteiger charge is -2.14. The molecule has 0 aliphatic heterocycles. The van der Waals surface area contributed by atoms with Crippen LogP contribution in [0.4, 0.5) is 0 Å². The van der Waals surface area contributed by atoms with Crippen molar-refractivity contribution in [2.24, 2.45) is 0 Å². The largest absolute Gasteiger partial charge is 0.491 e. The van der Waals surface area contributed by atoms with E-state index in [4.69, 9.17) is 14.6 Å². The van der Waals surface area contributed by atoms with Gasteiger partial charge in [-0.2, -0.15) is 0 Å². The second-order valence-electron chi connectivity index (χ2n) is 8.70. The molecule has 0 saturated heterocycles. The molecule has 0 fully saturated rings. The fourth-order valence-electron chi connectivity index (χ4n) is 4.03. The molecule has 0 unspecified atom stereocenters. The van der Waals surface area contributed by atoms with E-state index < -0.39 is 5.97 Å². The number of hydrogen-bond acceptors (Lipinski definition) is 4. The van der Waals surface area contributed by atoms with Crippen molar-refractivity contribution in [3.05, 3.63) is 102 Å². The Morgan fingerprint density at radius 3 is 2.09 bits per heavy atom. The van der Waals surface area contributed by atoms with Gasteiger partial charge in [0.1, 0.15) is 12.4 Å². The van der Waals surface area contributed by atoms with Gasteiger partial charge in [-0.25, -0.2) is 4.79 Å². The predicted octanol–water partition coefficient (Wildman–Crippen LogP) is 6.52. The lowest BCUT2D eigenvalue weighted by Crippen LogP contribution is -2.10. The quantitative estimate of drug-likeness (QED) is 0.226. The second kappa shape index (κ2) is 11.0. The highest BCUT2D eigenvalue weighted by atomic mass is 16.5. The van der Waals surface area contributed by atoms with Gasteiger partial charge in [0.05, 0.1) is 13.2 Å². The Labute approximate surface area is 206 Å². The van der Waals surface area contributed by atoms with Crippen molar-refractivity contribution in [2.75, 3.05) is 19.8 Å². The molecule has 0 saturated carbocycles. The van der Waals surface area contributed by atoms with Crippen LogP contribution in [0.5, 0.6) is 5.75 Å². The molecule has 35 heavy (non-hydrogen) atoms. The van der Waals surface area contributed by atoms with Crippen molar-refractivity contribution in [3.8, 4) is 28.0 Å². The third-order valence-corrected chi connectivity index (χ3v) is 5.91. The number of aliphatic hydroxyl groups excluding tert-OH is 1. The molecule has 0 bridgehead atoms. The molecule has 0 radical (unpaired) electrons. The van der Waals surface area contributed by atoms with Crippen molar-refractivity contribution < 1.29 is 19.4 Å². The minimum atomic E-state index is -0.404. The average Bonchev–Trinajstić information content (AvgIpc) is 2.87.